The summed E-state index contributed by atoms with van der Waals surface area (Å²) in [7, 11) is 0. The molecule has 5 heteroatoms. The van der Waals surface area contributed by atoms with Crippen molar-refractivity contribution in [2.24, 2.45) is 0 Å². The van der Waals surface area contributed by atoms with Gasteiger partial charge in [-0.1, -0.05) is 48.5 Å². The summed E-state index contributed by atoms with van der Waals surface area (Å²) in [6, 6.07) is 23.3. The maximum Gasteiger partial charge on any atom is 0.318 e. The number of hydrogen-bond donors (Lipinski definition) is 1. The van der Waals surface area contributed by atoms with Crippen LogP contribution in [0.3, 0.4) is 0 Å². The second-order valence-electron chi connectivity index (χ2n) is 5.92. The Morgan fingerprint density at radius 1 is 0.962 bits per heavy atom. The van der Waals surface area contributed by atoms with Gasteiger partial charge in [0.15, 0.2) is 6.20 Å². The lowest BCUT2D eigenvalue weighted by atomic mass is 10.0. The normalized spacial score (nSPS) is 12.0. The number of nitrogens with one attached hydrogen (secondary N) is 1. The molecular formula is C21H16N2O3. The standard InChI is InChI=1S/C21H16N2O3/c24-21(17-11-6-7-13-23(17)25)22-20(15-8-2-1-3-9-15)19-14-16-10-4-5-12-18(16)26-19/h1-14,20H,(H,22,24). The Balaban J connectivity index is 1.74. The van der Waals surface area contributed by atoms with Crippen LogP contribution in [0.4, 0.5) is 0 Å². The number of benzene rings is 2. The summed E-state index contributed by atoms with van der Waals surface area (Å²) in [4.78, 5) is 12.7. The number of carbonyl (C=O) groups excluding carboxylic acids is 1. The first kappa shape index (κ1) is 15.9. The lowest BCUT2D eigenvalue weighted by Crippen LogP contribution is -2.40. The van der Waals surface area contributed by atoms with E-state index in [1.165, 1.54) is 12.3 Å². The van der Waals surface area contributed by atoms with Gasteiger partial charge >= 0.3 is 5.91 Å². The number of pyridine rings is 1. The van der Waals surface area contributed by atoms with Crippen molar-refractivity contribution in [1.82, 2.24) is 5.32 Å². The van der Waals surface area contributed by atoms with Crippen molar-refractivity contribution < 1.29 is 13.9 Å². The lowest BCUT2D eigenvalue weighted by Gasteiger charge is -2.16. The topological polar surface area (TPSA) is 69.2 Å². The number of para-hydroxylation sites is 1. The van der Waals surface area contributed by atoms with Crippen molar-refractivity contribution in [2.75, 3.05) is 0 Å². The summed E-state index contributed by atoms with van der Waals surface area (Å²) in [6.07, 6.45) is 1.30. The minimum atomic E-state index is -0.503. The molecule has 1 amide bonds. The largest absolute Gasteiger partial charge is 0.618 e. The molecule has 0 saturated carbocycles. The van der Waals surface area contributed by atoms with Crippen LogP contribution in [0.2, 0.25) is 0 Å². The number of aromatic nitrogens is 1. The van der Waals surface area contributed by atoms with Crippen molar-refractivity contribution in [3.8, 4) is 0 Å². The van der Waals surface area contributed by atoms with E-state index in [1.54, 1.807) is 12.1 Å². The van der Waals surface area contributed by atoms with Gasteiger partial charge in [-0.2, -0.15) is 4.73 Å². The van der Waals surface area contributed by atoms with Gasteiger partial charge in [-0.25, -0.2) is 0 Å². The molecule has 4 rings (SSSR count). The molecule has 0 radical (unpaired) electrons. The molecule has 1 atom stereocenters. The third-order valence-electron chi connectivity index (χ3n) is 4.19. The molecule has 2 aromatic carbocycles. The molecular weight excluding hydrogens is 328 g/mol. The van der Waals surface area contributed by atoms with E-state index < -0.39 is 11.9 Å². The zero-order chi connectivity index (χ0) is 17.9. The van der Waals surface area contributed by atoms with E-state index in [0.717, 1.165) is 16.5 Å². The highest BCUT2D eigenvalue weighted by atomic mass is 16.5. The molecule has 2 aromatic heterocycles. The number of fused-ring (bicyclic) bond motifs is 1. The molecule has 0 fully saturated rings. The number of furan rings is 1. The first-order valence-electron chi connectivity index (χ1n) is 8.25. The predicted molar refractivity (Wildman–Crippen MR) is 97.4 cm³/mol. The van der Waals surface area contributed by atoms with E-state index in [4.69, 9.17) is 4.42 Å². The Kier molecular flexibility index (Phi) is 4.11. The van der Waals surface area contributed by atoms with E-state index >= 15 is 0 Å². The fraction of sp³-hybridized carbons (Fsp3) is 0.0476. The first-order chi connectivity index (χ1) is 12.7. The Morgan fingerprint density at radius 3 is 2.46 bits per heavy atom. The highest BCUT2D eigenvalue weighted by molar-refractivity contribution is 5.91. The minimum Gasteiger partial charge on any atom is -0.618 e. The van der Waals surface area contributed by atoms with Crippen LogP contribution in [-0.2, 0) is 0 Å². The molecule has 0 aliphatic heterocycles. The van der Waals surface area contributed by atoms with Crippen molar-refractivity contribution in [3.05, 3.63) is 107 Å². The Labute approximate surface area is 150 Å². The second kappa shape index (κ2) is 6.72. The summed E-state index contributed by atoms with van der Waals surface area (Å²) < 4.78 is 6.50. The maximum atomic E-state index is 12.7. The van der Waals surface area contributed by atoms with Gasteiger partial charge in [0.2, 0.25) is 0 Å². The van der Waals surface area contributed by atoms with E-state index in [0.29, 0.717) is 10.5 Å². The molecule has 128 valence electrons. The van der Waals surface area contributed by atoms with Crippen LogP contribution in [0.1, 0.15) is 27.9 Å². The SMILES string of the molecule is O=C(NC(c1ccccc1)c1cc2ccccc2o1)c1cccc[n+]1[O-]. The number of nitrogens with zero attached hydrogens (tertiary/aromatic N) is 1. The van der Waals surface area contributed by atoms with Crippen molar-refractivity contribution in [3.63, 3.8) is 0 Å². The summed E-state index contributed by atoms with van der Waals surface area (Å²) in [5, 5.41) is 15.8. The number of amides is 1. The predicted octanol–water partition coefficient (Wildman–Crippen LogP) is 3.59. The summed E-state index contributed by atoms with van der Waals surface area (Å²) in [5.74, 6) is 0.147. The summed E-state index contributed by atoms with van der Waals surface area (Å²) in [6.45, 7) is 0. The molecule has 2 heterocycles. The van der Waals surface area contributed by atoms with E-state index in [2.05, 4.69) is 5.32 Å². The van der Waals surface area contributed by atoms with Crippen LogP contribution in [0.15, 0.2) is 89.5 Å². The number of rotatable bonds is 4. The smallest absolute Gasteiger partial charge is 0.318 e. The fourth-order valence-electron chi connectivity index (χ4n) is 2.92. The van der Waals surface area contributed by atoms with E-state index in [9.17, 15) is 10.0 Å². The van der Waals surface area contributed by atoms with E-state index in [1.807, 2.05) is 60.7 Å². The Bertz CT molecular complexity index is 1020. The maximum absolute atomic E-state index is 12.7. The highest BCUT2D eigenvalue weighted by Gasteiger charge is 2.24. The highest BCUT2D eigenvalue weighted by Crippen LogP contribution is 2.28. The molecule has 1 unspecified atom stereocenters. The molecule has 0 spiro atoms. The van der Waals surface area contributed by atoms with Gasteiger partial charge in [-0.05, 0) is 23.8 Å². The molecule has 4 aromatic rings. The van der Waals surface area contributed by atoms with Gasteiger partial charge in [0.05, 0.1) is 0 Å². The van der Waals surface area contributed by atoms with Crippen molar-refractivity contribution in [1.29, 1.82) is 0 Å². The summed E-state index contributed by atoms with van der Waals surface area (Å²) in [5.41, 5.74) is 1.65. The van der Waals surface area contributed by atoms with Gasteiger partial charge in [-0.3, -0.25) is 4.79 Å². The minimum absolute atomic E-state index is 0.0320. The van der Waals surface area contributed by atoms with Crippen LogP contribution in [0, 0.1) is 5.21 Å². The van der Waals surface area contributed by atoms with Gasteiger partial charge in [0.25, 0.3) is 5.69 Å². The van der Waals surface area contributed by atoms with Gasteiger partial charge < -0.3 is 14.9 Å². The molecule has 1 N–H and O–H groups in total. The molecule has 0 aliphatic carbocycles. The number of carbonyl (C=O) groups is 1. The quantitative estimate of drug-likeness (QED) is 0.454. The van der Waals surface area contributed by atoms with Crippen LogP contribution < -0.4 is 10.0 Å². The third kappa shape index (κ3) is 3.02. The van der Waals surface area contributed by atoms with Gasteiger partial charge in [-0.15, -0.1) is 0 Å². The molecule has 26 heavy (non-hydrogen) atoms. The van der Waals surface area contributed by atoms with Crippen LogP contribution in [0.5, 0.6) is 0 Å². The Hall–Kier alpha value is -3.60. The molecule has 0 saturated heterocycles. The number of hydrogen-bond acceptors (Lipinski definition) is 3. The fourth-order valence-corrected chi connectivity index (χ4v) is 2.92. The third-order valence-corrected chi connectivity index (χ3v) is 4.19. The summed E-state index contributed by atoms with van der Waals surface area (Å²) >= 11 is 0. The van der Waals surface area contributed by atoms with Crippen LogP contribution in [-0.4, -0.2) is 5.91 Å². The van der Waals surface area contributed by atoms with Gasteiger partial charge in [0, 0.05) is 17.5 Å². The average molecular weight is 344 g/mol. The van der Waals surface area contributed by atoms with Crippen molar-refractivity contribution >= 4 is 16.9 Å². The molecule has 5 nitrogen and oxygen atoms in total. The average Bonchev–Trinajstić information content (AvgIpc) is 3.11. The van der Waals surface area contributed by atoms with Crippen LogP contribution >= 0.6 is 0 Å². The zero-order valence-electron chi connectivity index (χ0n) is 13.8. The van der Waals surface area contributed by atoms with Crippen LogP contribution in [0.25, 0.3) is 11.0 Å². The first-order valence-corrected chi connectivity index (χ1v) is 8.25. The Morgan fingerprint density at radius 2 is 1.69 bits per heavy atom. The molecule has 0 aliphatic rings. The van der Waals surface area contributed by atoms with E-state index in [-0.39, 0.29) is 5.69 Å². The monoisotopic (exact) mass is 344 g/mol. The zero-order valence-corrected chi connectivity index (χ0v) is 13.8. The lowest BCUT2D eigenvalue weighted by molar-refractivity contribution is -0.607. The molecule has 0 bridgehead atoms. The van der Waals surface area contributed by atoms with Crippen molar-refractivity contribution in [2.45, 2.75) is 6.04 Å². The van der Waals surface area contributed by atoms with Gasteiger partial charge in [0.1, 0.15) is 17.4 Å². The second-order valence-corrected chi connectivity index (χ2v) is 5.92.